The Morgan fingerprint density at radius 1 is 0.905 bits per heavy atom. The summed E-state index contributed by atoms with van der Waals surface area (Å²) in [5, 5.41) is 0. The molecule has 0 saturated carbocycles. The Kier molecular flexibility index (Phi) is 4.69. The fraction of sp³-hybridized carbons (Fsp3) is 0.368. The van der Waals surface area contributed by atoms with E-state index in [-0.39, 0.29) is 0 Å². The van der Waals surface area contributed by atoms with Gasteiger partial charge in [0.15, 0.2) is 0 Å². The molecule has 2 heteroatoms. The third-order valence-electron chi connectivity index (χ3n) is 4.42. The van der Waals surface area contributed by atoms with Crippen LogP contribution in [0.3, 0.4) is 0 Å². The van der Waals surface area contributed by atoms with E-state index in [0.29, 0.717) is 12.1 Å². The molecule has 110 valence electrons. The van der Waals surface area contributed by atoms with Crippen LogP contribution in [0, 0.1) is 0 Å². The van der Waals surface area contributed by atoms with Gasteiger partial charge in [-0.15, -0.1) is 0 Å². The van der Waals surface area contributed by atoms with Crippen LogP contribution in [0.4, 0.5) is 0 Å². The maximum Gasteiger partial charge on any atom is 0.0236 e. The molecule has 0 radical (unpaired) electrons. The second-order valence-corrected chi connectivity index (χ2v) is 6.08. The first-order valence-corrected chi connectivity index (χ1v) is 7.89. The third kappa shape index (κ3) is 3.93. The van der Waals surface area contributed by atoms with E-state index in [2.05, 4.69) is 65.6 Å². The zero-order chi connectivity index (χ0) is 14.5. The lowest BCUT2D eigenvalue weighted by Gasteiger charge is -2.38. The minimum absolute atomic E-state index is 0.353. The van der Waals surface area contributed by atoms with Crippen molar-refractivity contribution < 1.29 is 0 Å². The van der Waals surface area contributed by atoms with Crippen LogP contribution in [0.1, 0.15) is 24.0 Å². The molecule has 0 amide bonds. The minimum Gasteiger partial charge on any atom is -0.328 e. The largest absolute Gasteiger partial charge is 0.328 e. The molecular formula is C19H24N2. The summed E-state index contributed by atoms with van der Waals surface area (Å²) in [6, 6.07) is 22.4. The number of benzene rings is 2. The van der Waals surface area contributed by atoms with Crippen molar-refractivity contribution in [3.63, 3.8) is 0 Å². The fourth-order valence-electron chi connectivity index (χ4n) is 3.26. The number of hydrogen-bond donors (Lipinski definition) is 1. The van der Waals surface area contributed by atoms with Gasteiger partial charge in [-0.3, -0.25) is 4.90 Å². The summed E-state index contributed by atoms with van der Waals surface area (Å²) >= 11 is 0. The number of rotatable bonds is 4. The molecule has 1 aliphatic heterocycles. The van der Waals surface area contributed by atoms with Crippen molar-refractivity contribution in [2.75, 3.05) is 6.54 Å². The predicted molar refractivity (Wildman–Crippen MR) is 88.0 cm³/mol. The van der Waals surface area contributed by atoms with Gasteiger partial charge in [0, 0.05) is 25.2 Å². The van der Waals surface area contributed by atoms with Gasteiger partial charge in [0.1, 0.15) is 0 Å². The molecule has 1 heterocycles. The van der Waals surface area contributed by atoms with Gasteiger partial charge in [-0.1, -0.05) is 60.7 Å². The molecule has 2 N–H and O–H groups in total. The van der Waals surface area contributed by atoms with Crippen LogP contribution in [-0.4, -0.2) is 23.5 Å². The van der Waals surface area contributed by atoms with Crippen molar-refractivity contribution in [1.82, 2.24) is 4.90 Å². The normalized spacial score (nSPS) is 23.1. The van der Waals surface area contributed by atoms with Gasteiger partial charge in [-0.25, -0.2) is 0 Å². The van der Waals surface area contributed by atoms with Crippen molar-refractivity contribution >= 4 is 0 Å². The van der Waals surface area contributed by atoms with Crippen LogP contribution in [0.15, 0.2) is 60.7 Å². The lowest BCUT2D eigenvalue weighted by Crippen LogP contribution is -2.47. The van der Waals surface area contributed by atoms with E-state index in [4.69, 9.17) is 5.73 Å². The van der Waals surface area contributed by atoms with Crippen LogP contribution >= 0.6 is 0 Å². The summed E-state index contributed by atoms with van der Waals surface area (Å²) in [7, 11) is 0. The standard InChI is InChI=1S/C19H24N2/c20-18-11-12-21(15-17-9-5-2-6-10-17)19(14-18)13-16-7-3-1-4-8-16/h1-10,18-19H,11-15,20H2/t18-,19+/m1/s1. The molecular weight excluding hydrogens is 256 g/mol. The first-order chi connectivity index (χ1) is 10.3. The SMILES string of the molecule is N[C@@H]1CCN(Cc2ccccc2)[C@@H](Cc2ccccc2)C1. The molecule has 0 unspecified atom stereocenters. The number of nitrogens with two attached hydrogens (primary N) is 1. The highest BCUT2D eigenvalue weighted by atomic mass is 15.2. The van der Waals surface area contributed by atoms with Gasteiger partial charge < -0.3 is 5.73 Å². The number of hydrogen-bond acceptors (Lipinski definition) is 2. The van der Waals surface area contributed by atoms with Crippen molar-refractivity contribution in [2.24, 2.45) is 5.73 Å². The quantitative estimate of drug-likeness (QED) is 0.931. The molecule has 1 fully saturated rings. The second kappa shape index (κ2) is 6.88. The molecule has 2 nitrogen and oxygen atoms in total. The average Bonchev–Trinajstić information content (AvgIpc) is 2.52. The highest BCUT2D eigenvalue weighted by Crippen LogP contribution is 2.22. The number of nitrogens with zero attached hydrogens (tertiary/aromatic N) is 1. The van der Waals surface area contributed by atoms with Gasteiger partial charge in [0.05, 0.1) is 0 Å². The molecule has 2 atom stereocenters. The van der Waals surface area contributed by atoms with E-state index >= 15 is 0 Å². The lowest BCUT2D eigenvalue weighted by molar-refractivity contribution is 0.127. The third-order valence-corrected chi connectivity index (χ3v) is 4.42. The minimum atomic E-state index is 0.353. The molecule has 2 aromatic carbocycles. The molecule has 3 rings (SSSR count). The Morgan fingerprint density at radius 3 is 2.19 bits per heavy atom. The maximum absolute atomic E-state index is 6.21. The Hall–Kier alpha value is -1.64. The molecule has 2 aromatic rings. The Labute approximate surface area is 127 Å². The summed E-state index contributed by atoms with van der Waals surface area (Å²) in [6.45, 7) is 2.14. The molecule has 0 spiro atoms. The number of piperidine rings is 1. The van der Waals surface area contributed by atoms with E-state index in [0.717, 1.165) is 32.4 Å². The Bertz CT molecular complexity index is 538. The highest BCUT2D eigenvalue weighted by Gasteiger charge is 2.26. The van der Waals surface area contributed by atoms with Crippen LogP contribution in [0.2, 0.25) is 0 Å². The monoisotopic (exact) mass is 280 g/mol. The molecule has 21 heavy (non-hydrogen) atoms. The van der Waals surface area contributed by atoms with Crippen LogP contribution in [0.25, 0.3) is 0 Å². The van der Waals surface area contributed by atoms with Gasteiger partial charge in [-0.05, 0) is 30.4 Å². The van der Waals surface area contributed by atoms with Gasteiger partial charge in [0.2, 0.25) is 0 Å². The van der Waals surface area contributed by atoms with Gasteiger partial charge in [0.25, 0.3) is 0 Å². The number of likely N-dealkylation sites (tertiary alicyclic amines) is 1. The summed E-state index contributed by atoms with van der Waals surface area (Å²) in [5.41, 5.74) is 9.01. The Morgan fingerprint density at radius 2 is 1.52 bits per heavy atom. The predicted octanol–water partition coefficient (Wildman–Crippen LogP) is 3.22. The highest BCUT2D eigenvalue weighted by molar-refractivity contribution is 5.18. The van der Waals surface area contributed by atoms with Crippen LogP contribution < -0.4 is 5.73 Å². The first-order valence-electron chi connectivity index (χ1n) is 7.89. The van der Waals surface area contributed by atoms with Crippen molar-refractivity contribution in [2.45, 2.75) is 37.9 Å². The lowest BCUT2D eigenvalue weighted by atomic mass is 9.92. The zero-order valence-electron chi connectivity index (χ0n) is 12.5. The Balaban J connectivity index is 1.71. The van der Waals surface area contributed by atoms with Crippen molar-refractivity contribution in [3.8, 4) is 0 Å². The zero-order valence-corrected chi connectivity index (χ0v) is 12.5. The summed E-state index contributed by atoms with van der Waals surface area (Å²) < 4.78 is 0. The van der Waals surface area contributed by atoms with Crippen LogP contribution in [0.5, 0.6) is 0 Å². The smallest absolute Gasteiger partial charge is 0.0236 e. The summed E-state index contributed by atoms with van der Waals surface area (Å²) in [6.07, 6.45) is 3.31. The van der Waals surface area contributed by atoms with E-state index in [9.17, 15) is 0 Å². The van der Waals surface area contributed by atoms with E-state index in [1.807, 2.05) is 0 Å². The molecule has 0 aromatic heterocycles. The van der Waals surface area contributed by atoms with E-state index < -0.39 is 0 Å². The van der Waals surface area contributed by atoms with Crippen molar-refractivity contribution in [3.05, 3.63) is 71.8 Å². The molecule has 1 aliphatic rings. The van der Waals surface area contributed by atoms with E-state index in [1.54, 1.807) is 0 Å². The van der Waals surface area contributed by atoms with Gasteiger partial charge >= 0.3 is 0 Å². The van der Waals surface area contributed by atoms with Crippen LogP contribution in [-0.2, 0) is 13.0 Å². The maximum atomic E-state index is 6.21. The van der Waals surface area contributed by atoms with E-state index in [1.165, 1.54) is 11.1 Å². The molecule has 0 aliphatic carbocycles. The second-order valence-electron chi connectivity index (χ2n) is 6.08. The van der Waals surface area contributed by atoms with Crippen molar-refractivity contribution in [1.29, 1.82) is 0 Å². The topological polar surface area (TPSA) is 29.3 Å². The molecule has 1 saturated heterocycles. The summed E-state index contributed by atoms with van der Waals surface area (Å²) in [5.74, 6) is 0. The fourth-order valence-corrected chi connectivity index (χ4v) is 3.26. The summed E-state index contributed by atoms with van der Waals surface area (Å²) in [4.78, 5) is 2.60. The van der Waals surface area contributed by atoms with Gasteiger partial charge in [-0.2, -0.15) is 0 Å². The first kappa shape index (κ1) is 14.3. The average molecular weight is 280 g/mol. The molecule has 0 bridgehead atoms.